The molecule has 0 amide bonds. The van der Waals surface area contributed by atoms with Crippen LogP contribution in [0.3, 0.4) is 0 Å². The monoisotopic (exact) mass is 150 g/mol. The minimum absolute atomic E-state index is 1.17. The van der Waals surface area contributed by atoms with Gasteiger partial charge in [0.05, 0.1) is 0 Å². The maximum Gasteiger partial charge on any atom is 0.0161 e. The maximum atomic E-state index is 2.31. The van der Waals surface area contributed by atoms with Crippen molar-refractivity contribution in [3.8, 4) is 0 Å². The van der Waals surface area contributed by atoms with Gasteiger partial charge in [0.2, 0.25) is 0 Å². The molecule has 1 aliphatic rings. The highest BCUT2D eigenvalue weighted by molar-refractivity contribution is 7.10. The molecule has 1 aliphatic carbocycles. The molecule has 0 spiro atoms. The van der Waals surface area contributed by atoms with Gasteiger partial charge in [0.25, 0.3) is 0 Å². The van der Waals surface area contributed by atoms with Crippen LogP contribution in [0.2, 0.25) is 0 Å². The second-order valence-corrected chi connectivity index (χ2v) is 3.77. The van der Waals surface area contributed by atoms with Crippen molar-refractivity contribution in [3.05, 3.63) is 27.5 Å². The van der Waals surface area contributed by atoms with Gasteiger partial charge in [-0.25, -0.2) is 0 Å². The predicted octanol–water partition coefficient (Wildman–Crippen LogP) is 3.02. The lowest BCUT2D eigenvalue weighted by atomic mass is 10.1. The number of hydrogen-bond donors (Lipinski definition) is 0. The van der Waals surface area contributed by atoms with Crippen molar-refractivity contribution >= 4 is 16.9 Å². The van der Waals surface area contributed by atoms with Gasteiger partial charge in [-0.1, -0.05) is 6.08 Å². The Bertz CT molecular complexity index is 292. The second-order valence-electron chi connectivity index (χ2n) is 2.81. The molecule has 10 heavy (non-hydrogen) atoms. The number of hydrogen-bond acceptors (Lipinski definition) is 1. The summed E-state index contributed by atoms with van der Waals surface area (Å²) < 4.78 is 0. The zero-order valence-corrected chi connectivity index (χ0v) is 7.09. The molecule has 0 atom stereocenters. The average molecular weight is 150 g/mol. The van der Waals surface area contributed by atoms with E-state index >= 15 is 0 Å². The molecule has 0 bridgehead atoms. The predicted molar refractivity (Wildman–Crippen MR) is 46.4 cm³/mol. The summed E-state index contributed by atoms with van der Waals surface area (Å²) in [5, 5.41) is 2.25. The summed E-state index contributed by atoms with van der Waals surface area (Å²) in [6.45, 7) is 4.39. The summed E-state index contributed by atoms with van der Waals surface area (Å²) in [5.41, 5.74) is 4.44. The minimum Gasteiger partial charge on any atom is -0.148 e. The fourth-order valence-electron chi connectivity index (χ4n) is 1.53. The van der Waals surface area contributed by atoms with Crippen LogP contribution < -0.4 is 0 Å². The first kappa shape index (κ1) is 6.17. The Balaban J connectivity index is 2.66. The zero-order chi connectivity index (χ0) is 7.14. The van der Waals surface area contributed by atoms with E-state index < -0.39 is 0 Å². The highest BCUT2D eigenvalue weighted by atomic mass is 32.1. The summed E-state index contributed by atoms with van der Waals surface area (Å²) in [4.78, 5) is 1.55. The fraction of sp³-hybridized carbons (Fsp3) is 0.333. The normalized spacial score (nSPS) is 15.2. The molecule has 0 N–H and O–H groups in total. The third kappa shape index (κ3) is 0.671. The smallest absolute Gasteiger partial charge is 0.0161 e. The van der Waals surface area contributed by atoms with Crippen LogP contribution in [0.4, 0.5) is 0 Å². The Morgan fingerprint density at radius 2 is 2.20 bits per heavy atom. The lowest BCUT2D eigenvalue weighted by Gasteiger charge is -1.93. The number of allylic oxidation sites excluding steroid dienone is 2. The van der Waals surface area contributed by atoms with Gasteiger partial charge in [-0.3, -0.25) is 0 Å². The van der Waals surface area contributed by atoms with E-state index in [-0.39, 0.29) is 0 Å². The highest BCUT2D eigenvalue weighted by Crippen LogP contribution is 2.34. The summed E-state index contributed by atoms with van der Waals surface area (Å²) >= 11 is 1.89. The molecule has 0 unspecified atom stereocenters. The lowest BCUT2D eigenvalue weighted by Crippen LogP contribution is -1.75. The van der Waals surface area contributed by atoms with E-state index in [2.05, 4.69) is 25.3 Å². The van der Waals surface area contributed by atoms with Crippen LogP contribution in [0.5, 0.6) is 0 Å². The summed E-state index contributed by atoms with van der Waals surface area (Å²) in [7, 11) is 0. The Labute approximate surface area is 65.2 Å². The first-order valence-corrected chi connectivity index (χ1v) is 4.41. The molecule has 52 valence electrons. The van der Waals surface area contributed by atoms with Gasteiger partial charge >= 0.3 is 0 Å². The van der Waals surface area contributed by atoms with Crippen LogP contribution in [0.1, 0.15) is 22.9 Å². The number of thiophene rings is 1. The van der Waals surface area contributed by atoms with Gasteiger partial charge in [0.15, 0.2) is 0 Å². The third-order valence-corrected chi connectivity index (χ3v) is 3.17. The van der Waals surface area contributed by atoms with E-state index in [1.165, 1.54) is 23.1 Å². The Kier molecular flexibility index (Phi) is 1.21. The molecule has 0 aliphatic heterocycles. The van der Waals surface area contributed by atoms with Gasteiger partial charge < -0.3 is 0 Å². The summed E-state index contributed by atoms with van der Waals surface area (Å²) in [6.07, 6.45) is 3.48. The van der Waals surface area contributed by atoms with Crippen molar-refractivity contribution in [1.82, 2.24) is 0 Å². The van der Waals surface area contributed by atoms with Crippen molar-refractivity contribution in [2.45, 2.75) is 20.3 Å². The summed E-state index contributed by atoms with van der Waals surface area (Å²) in [6, 6.07) is 0. The zero-order valence-electron chi connectivity index (χ0n) is 6.27. The SMILES string of the molecule is CC1=CCc2scc(C)c21. The van der Waals surface area contributed by atoms with E-state index in [4.69, 9.17) is 0 Å². The van der Waals surface area contributed by atoms with Crippen molar-refractivity contribution in [2.75, 3.05) is 0 Å². The standard InChI is InChI=1S/C9H10S/c1-6-3-4-8-9(6)7(2)5-10-8/h3,5H,4H2,1-2H3. The molecule has 1 heteroatoms. The van der Waals surface area contributed by atoms with Crippen LogP contribution in [-0.2, 0) is 6.42 Å². The molecule has 1 aromatic heterocycles. The molecule has 0 nitrogen and oxygen atoms in total. The molecule has 0 fully saturated rings. The van der Waals surface area contributed by atoms with E-state index in [1.54, 1.807) is 4.88 Å². The highest BCUT2D eigenvalue weighted by Gasteiger charge is 2.13. The largest absolute Gasteiger partial charge is 0.148 e. The van der Waals surface area contributed by atoms with Gasteiger partial charge in [0.1, 0.15) is 0 Å². The van der Waals surface area contributed by atoms with Crippen LogP contribution in [0, 0.1) is 6.92 Å². The van der Waals surface area contributed by atoms with E-state index in [9.17, 15) is 0 Å². The first-order chi connectivity index (χ1) is 4.79. The minimum atomic E-state index is 1.17. The van der Waals surface area contributed by atoms with Crippen molar-refractivity contribution in [2.24, 2.45) is 0 Å². The topological polar surface area (TPSA) is 0 Å². The molecule has 0 aromatic carbocycles. The molecule has 2 rings (SSSR count). The van der Waals surface area contributed by atoms with Crippen molar-refractivity contribution in [1.29, 1.82) is 0 Å². The molecular weight excluding hydrogens is 140 g/mol. The molecule has 0 saturated heterocycles. The molecule has 1 aromatic rings. The van der Waals surface area contributed by atoms with E-state index in [0.717, 1.165) is 0 Å². The van der Waals surface area contributed by atoms with Crippen molar-refractivity contribution in [3.63, 3.8) is 0 Å². The number of aryl methyl sites for hydroxylation is 1. The van der Waals surface area contributed by atoms with Crippen LogP contribution in [0.15, 0.2) is 11.5 Å². The molecular formula is C9H10S. The lowest BCUT2D eigenvalue weighted by molar-refractivity contribution is 1.38. The maximum absolute atomic E-state index is 2.31. The first-order valence-electron chi connectivity index (χ1n) is 3.53. The van der Waals surface area contributed by atoms with Gasteiger partial charge in [-0.05, 0) is 35.9 Å². The Morgan fingerprint density at radius 3 is 2.90 bits per heavy atom. The summed E-state index contributed by atoms with van der Waals surface area (Å²) in [5.74, 6) is 0. The van der Waals surface area contributed by atoms with Crippen LogP contribution >= 0.6 is 11.3 Å². The van der Waals surface area contributed by atoms with Gasteiger partial charge in [-0.2, -0.15) is 0 Å². The number of rotatable bonds is 0. The average Bonchev–Trinajstić information content (AvgIpc) is 2.40. The second kappa shape index (κ2) is 1.96. The quantitative estimate of drug-likeness (QED) is 0.533. The third-order valence-electron chi connectivity index (χ3n) is 2.04. The molecule has 1 heterocycles. The van der Waals surface area contributed by atoms with Gasteiger partial charge in [-0.15, -0.1) is 11.3 Å². The molecule has 0 radical (unpaired) electrons. The molecule has 0 saturated carbocycles. The van der Waals surface area contributed by atoms with Crippen molar-refractivity contribution < 1.29 is 0 Å². The Morgan fingerprint density at radius 1 is 1.40 bits per heavy atom. The Hall–Kier alpha value is -0.560. The van der Waals surface area contributed by atoms with Crippen LogP contribution in [-0.4, -0.2) is 0 Å². The number of fused-ring (bicyclic) bond motifs is 1. The van der Waals surface area contributed by atoms with Crippen LogP contribution in [0.25, 0.3) is 5.57 Å². The van der Waals surface area contributed by atoms with E-state index in [1.807, 2.05) is 11.3 Å². The van der Waals surface area contributed by atoms with Gasteiger partial charge in [0, 0.05) is 11.3 Å². The fourth-order valence-corrected chi connectivity index (χ4v) is 2.58. The van der Waals surface area contributed by atoms with E-state index in [0.29, 0.717) is 0 Å².